The zero-order valence-corrected chi connectivity index (χ0v) is 11.9. The molecule has 0 atom stereocenters. The van der Waals surface area contributed by atoms with Crippen LogP contribution in [-0.2, 0) is 19.2 Å². The Balaban J connectivity index is 1.86. The molecule has 1 aliphatic carbocycles. The van der Waals surface area contributed by atoms with E-state index in [0.29, 0.717) is 12.8 Å². The van der Waals surface area contributed by atoms with Gasteiger partial charge in [-0.1, -0.05) is 12.8 Å². The Kier molecular flexibility index (Phi) is 4.59. The van der Waals surface area contributed by atoms with Gasteiger partial charge in [0.25, 0.3) is 0 Å². The van der Waals surface area contributed by atoms with E-state index in [1.165, 1.54) is 0 Å². The normalized spacial score (nSPS) is 20.9. The van der Waals surface area contributed by atoms with Crippen molar-refractivity contribution in [3.63, 3.8) is 0 Å². The first-order chi connectivity index (χ1) is 9.92. The number of hydrogen-bond acceptors (Lipinski definition) is 4. The third kappa shape index (κ3) is 3.80. The van der Waals surface area contributed by atoms with Crippen molar-refractivity contribution in [2.75, 3.05) is 6.54 Å². The van der Waals surface area contributed by atoms with Gasteiger partial charge in [0.05, 0.1) is 12.0 Å². The van der Waals surface area contributed by atoms with Gasteiger partial charge in [0, 0.05) is 25.8 Å². The van der Waals surface area contributed by atoms with E-state index in [1.54, 1.807) is 0 Å². The predicted octanol–water partition coefficient (Wildman–Crippen LogP) is 0.429. The molecule has 2 aliphatic rings. The highest BCUT2D eigenvalue weighted by atomic mass is 16.4. The quantitative estimate of drug-likeness (QED) is 0.692. The lowest BCUT2D eigenvalue weighted by atomic mass is 9.93. The molecule has 0 bridgehead atoms. The third-order valence-corrected chi connectivity index (χ3v) is 4.17. The SMILES string of the molecule is O=C(O)CC1(NC(=O)CCN2C(=O)CCC2=O)CCCC1. The number of amides is 3. The summed E-state index contributed by atoms with van der Waals surface area (Å²) >= 11 is 0. The molecule has 7 heteroatoms. The van der Waals surface area contributed by atoms with Gasteiger partial charge in [-0.25, -0.2) is 0 Å². The van der Waals surface area contributed by atoms with Crippen molar-refractivity contribution in [3.8, 4) is 0 Å². The first-order valence-electron chi connectivity index (χ1n) is 7.28. The van der Waals surface area contributed by atoms with Gasteiger partial charge in [-0.3, -0.25) is 24.1 Å². The monoisotopic (exact) mass is 296 g/mol. The van der Waals surface area contributed by atoms with Gasteiger partial charge in [-0.15, -0.1) is 0 Å². The van der Waals surface area contributed by atoms with E-state index in [4.69, 9.17) is 5.11 Å². The summed E-state index contributed by atoms with van der Waals surface area (Å²) in [6.45, 7) is 0.0760. The van der Waals surface area contributed by atoms with Crippen molar-refractivity contribution in [1.29, 1.82) is 0 Å². The number of nitrogens with zero attached hydrogens (tertiary/aromatic N) is 1. The zero-order valence-electron chi connectivity index (χ0n) is 11.9. The molecule has 2 rings (SSSR count). The number of nitrogens with one attached hydrogen (secondary N) is 1. The lowest BCUT2D eigenvalue weighted by Gasteiger charge is -2.29. The van der Waals surface area contributed by atoms with Crippen LogP contribution < -0.4 is 5.32 Å². The molecule has 1 saturated carbocycles. The molecule has 3 amide bonds. The van der Waals surface area contributed by atoms with Crippen LogP contribution in [0.1, 0.15) is 51.4 Å². The van der Waals surface area contributed by atoms with Crippen molar-refractivity contribution in [2.24, 2.45) is 0 Å². The molecule has 7 nitrogen and oxygen atoms in total. The topological polar surface area (TPSA) is 104 Å². The molecule has 116 valence electrons. The summed E-state index contributed by atoms with van der Waals surface area (Å²) in [7, 11) is 0. The van der Waals surface area contributed by atoms with Gasteiger partial charge < -0.3 is 10.4 Å². The van der Waals surface area contributed by atoms with Gasteiger partial charge >= 0.3 is 5.97 Å². The van der Waals surface area contributed by atoms with E-state index in [0.717, 1.165) is 17.7 Å². The highest BCUT2D eigenvalue weighted by Gasteiger charge is 2.37. The van der Waals surface area contributed by atoms with E-state index in [1.807, 2.05) is 0 Å². The fourth-order valence-electron chi connectivity index (χ4n) is 3.13. The van der Waals surface area contributed by atoms with E-state index >= 15 is 0 Å². The van der Waals surface area contributed by atoms with E-state index in [9.17, 15) is 19.2 Å². The average Bonchev–Trinajstić information content (AvgIpc) is 2.95. The van der Waals surface area contributed by atoms with Crippen LogP contribution in [0, 0.1) is 0 Å². The molecule has 2 fully saturated rings. The number of rotatable bonds is 6. The van der Waals surface area contributed by atoms with Crippen LogP contribution in [0.3, 0.4) is 0 Å². The minimum Gasteiger partial charge on any atom is -0.481 e. The highest BCUT2D eigenvalue weighted by Crippen LogP contribution is 2.32. The summed E-state index contributed by atoms with van der Waals surface area (Å²) in [6.07, 6.45) is 3.48. The second kappa shape index (κ2) is 6.24. The number of carbonyl (C=O) groups is 4. The number of aliphatic carboxylic acids is 1. The van der Waals surface area contributed by atoms with Crippen molar-refractivity contribution >= 4 is 23.7 Å². The molecule has 0 spiro atoms. The third-order valence-electron chi connectivity index (χ3n) is 4.17. The van der Waals surface area contributed by atoms with E-state index in [2.05, 4.69) is 5.32 Å². The van der Waals surface area contributed by atoms with Crippen LogP contribution >= 0.6 is 0 Å². The zero-order chi connectivity index (χ0) is 15.5. The minimum atomic E-state index is -0.929. The predicted molar refractivity (Wildman–Crippen MR) is 72.2 cm³/mol. The molecule has 0 aromatic carbocycles. The largest absolute Gasteiger partial charge is 0.481 e. The standard InChI is InChI=1S/C14H20N2O5/c17-10(5-8-16-11(18)3-4-12(16)19)15-14(9-13(20)21)6-1-2-7-14/h1-9H2,(H,15,17)(H,20,21). The number of imide groups is 1. The summed E-state index contributed by atoms with van der Waals surface area (Å²) in [5, 5.41) is 11.8. The van der Waals surface area contributed by atoms with Crippen LogP contribution in [-0.4, -0.2) is 45.8 Å². The second-order valence-corrected chi connectivity index (χ2v) is 5.80. The van der Waals surface area contributed by atoms with Crippen LogP contribution in [0.2, 0.25) is 0 Å². The van der Waals surface area contributed by atoms with Crippen molar-refractivity contribution in [2.45, 2.75) is 56.9 Å². The first-order valence-corrected chi connectivity index (χ1v) is 7.28. The van der Waals surface area contributed by atoms with Gasteiger partial charge in [-0.2, -0.15) is 0 Å². The maximum atomic E-state index is 12.0. The van der Waals surface area contributed by atoms with Crippen LogP contribution in [0.5, 0.6) is 0 Å². The molecule has 0 aromatic heterocycles. The van der Waals surface area contributed by atoms with Crippen LogP contribution in [0.4, 0.5) is 0 Å². The van der Waals surface area contributed by atoms with Crippen LogP contribution in [0.15, 0.2) is 0 Å². The highest BCUT2D eigenvalue weighted by molar-refractivity contribution is 6.02. The fourth-order valence-corrected chi connectivity index (χ4v) is 3.13. The fraction of sp³-hybridized carbons (Fsp3) is 0.714. The number of carboxylic acids is 1. The number of carboxylic acid groups (broad SMARTS) is 1. The molecule has 0 unspecified atom stereocenters. The Morgan fingerprint density at radius 2 is 1.71 bits per heavy atom. The summed E-state index contributed by atoms with van der Waals surface area (Å²) < 4.78 is 0. The van der Waals surface area contributed by atoms with Crippen molar-refractivity contribution < 1.29 is 24.3 Å². The van der Waals surface area contributed by atoms with Crippen molar-refractivity contribution in [1.82, 2.24) is 10.2 Å². The van der Waals surface area contributed by atoms with E-state index in [-0.39, 0.29) is 49.9 Å². The average molecular weight is 296 g/mol. The molecule has 0 radical (unpaired) electrons. The summed E-state index contributed by atoms with van der Waals surface area (Å²) in [5.74, 6) is -1.71. The summed E-state index contributed by atoms with van der Waals surface area (Å²) in [5.41, 5.74) is -0.665. The smallest absolute Gasteiger partial charge is 0.305 e. The molecule has 1 aliphatic heterocycles. The molecule has 21 heavy (non-hydrogen) atoms. The van der Waals surface area contributed by atoms with Gasteiger partial charge in [0.2, 0.25) is 17.7 Å². The second-order valence-electron chi connectivity index (χ2n) is 5.80. The molecule has 1 saturated heterocycles. The molecular weight excluding hydrogens is 276 g/mol. The lowest BCUT2D eigenvalue weighted by Crippen LogP contribution is -2.48. The Labute approximate surface area is 122 Å². The first kappa shape index (κ1) is 15.5. The van der Waals surface area contributed by atoms with Gasteiger partial charge in [0.1, 0.15) is 0 Å². The summed E-state index contributed by atoms with van der Waals surface area (Å²) in [6, 6.07) is 0. The Morgan fingerprint density at radius 3 is 2.24 bits per heavy atom. The van der Waals surface area contributed by atoms with Crippen LogP contribution in [0.25, 0.3) is 0 Å². The molecule has 0 aromatic rings. The minimum absolute atomic E-state index is 0.0266. The number of likely N-dealkylation sites (tertiary alicyclic amines) is 1. The molecule has 2 N–H and O–H groups in total. The van der Waals surface area contributed by atoms with E-state index < -0.39 is 11.5 Å². The van der Waals surface area contributed by atoms with Gasteiger partial charge in [0.15, 0.2) is 0 Å². The maximum Gasteiger partial charge on any atom is 0.305 e. The Morgan fingerprint density at radius 1 is 1.14 bits per heavy atom. The number of carbonyl (C=O) groups excluding carboxylic acids is 3. The number of hydrogen-bond donors (Lipinski definition) is 2. The van der Waals surface area contributed by atoms with Crippen molar-refractivity contribution in [3.05, 3.63) is 0 Å². The summed E-state index contributed by atoms with van der Waals surface area (Å²) in [4.78, 5) is 46.9. The molecular formula is C14H20N2O5. The Bertz CT molecular complexity index is 452. The lowest BCUT2D eigenvalue weighted by molar-refractivity contribution is -0.139. The maximum absolute atomic E-state index is 12.0. The molecule has 1 heterocycles. The Hall–Kier alpha value is -1.92. The van der Waals surface area contributed by atoms with Gasteiger partial charge in [-0.05, 0) is 12.8 Å².